The summed E-state index contributed by atoms with van der Waals surface area (Å²) in [6.07, 6.45) is 4.81. The maximum absolute atomic E-state index is 12.2. The summed E-state index contributed by atoms with van der Waals surface area (Å²) in [6, 6.07) is 4.82. The van der Waals surface area contributed by atoms with Crippen LogP contribution in [0.2, 0.25) is 0 Å². The zero-order valence-electron chi connectivity index (χ0n) is 9.36. The molecule has 0 bridgehead atoms. The summed E-state index contributed by atoms with van der Waals surface area (Å²) in [5, 5.41) is 0. The second-order valence-corrected chi connectivity index (χ2v) is 3.96. The van der Waals surface area contributed by atoms with Crippen LogP contribution in [0.5, 0.6) is 11.5 Å². The zero-order chi connectivity index (χ0) is 12.3. The second kappa shape index (κ2) is 5.17. The van der Waals surface area contributed by atoms with Gasteiger partial charge in [0.1, 0.15) is 0 Å². The average molecular weight is 240 g/mol. The lowest BCUT2D eigenvalue weighted by Crippen LogP contribution is -2.25. The van der Waals surface area contributed by atoms with Crippen molar-refractivity contribution in [3.63, 3.8) is 0 Å². The molecule has 0 N–H and O–H groups in total. The van der Waals surface area contributed by atoms with Crippen LogP contribution in [-0.2, 0) is 0 Å². The predicted octanol–water partition coefficient (Wildman–Crippen LogP) is 3.86. The standard InChI is InChI=1S/C13H14F2O2/c1-2-9-6-7-11(17-13(14)15)12(8-9)16-10-4-3-5-10/h2,6-8,10,13H,1,3-5H2. The molecule has 0 aromatic heterocycles. The Morgan fingerprint density at radius 3 is 2.59 bits per heavy atom. The van der Waals surface area contributed by atoms with Crippen molar-refractivity contribution in [2.24, 2.45) is 0 Å². The van der Waals surface area contributed by atoms with Crippen molar-refractivity contribution in [1.82, 2.24) is 0 Å². The first-order valence-electron chi connectivity index (χ1n) is 5.57. The monoisotopic (exact) mass is 240 g/mol. The lowest BCUT2D eigenvalue weighted by Gasteiger charge is -2.27. The third-order valence-corrected chi connectivity index (χ3v) is 2.77. The van der Waals surface area contributed by atoms with Crippen molar-refractivity contribution < 1.29 is 18.3 Å². The average Bonchev–Trinajstić information content (AvgIpc) is 2.24. The molecule has 1 aromatic carbocycles. The number of hydrogen-bond acceptors (Lipinski definition) is 2. The molecular weight excluding hydrogens is 226 g/mol. The van der Waals surface area contributed by atoms with Crippen molar-refractivity contribution in [2.45, 2.75) is 32.0 Å². The Balaban J connectivity index is 2.19. The highest BCUT2D eigenvalue weighted by molar-refractivity contribution is 5.54. The maximum atomic E-state index is 12.2. The summed E-state index contributed by atoms with van der Waals surface area (Å²) in [4.78, 5) is 0. The molecule has 2 rings (SSSR count). The van der Waals surface area contributed by atoms with Gasteiger partial charge >= 0.3 is 6.61 Å². The van der Waals surface area contributed by atoms with Crippen molar-refractivity contribution in [1.29, 1.82) is 0 Å². The molecule has 1 aromatic rings. The van der Waals surface area contributed by atoms with E-state index in [0.29, 0.717) is 5.75 Å². The lowest BCUT2D eigenvalue weighted by atomic mass is 9.96. The Labute approximate surface area is 98.8 Å². The number of hydrogen-bond donors (Lipinski definition) is 0. The summed E-state index contributed by atoms with van der Waals surface area (Å²) in [6.45, 7) is 0.792. The summed E-state index contributed by atoms with van der Waals surface area (Å²) in [5.74, 6) is 0.449. The van der Waals surface area contributed by atoms with Crippen molar-refractivity contribution in [2.75, 3.05) is 0 Å². The zero-order valence-corrected chi connectivity index (χ0v) is 9.36. The van der Waals surface area contributed by atoms with Gasteiger partial charge in [0.25, 0.3) is 0 Å². The first-order chi connectivity index (χ1) is 8.19. The first kappa shape index (κ1) is 11.9. The fourth-order valence-corrected chi connectivity index (χ4v) is 1.61. The highest BCUT2D eigenvalue weighted by atomic mass is 19.3. The van der Waals surface area contributed by atoms with Gasteiger partial charge in [0.2, 0.25) is 0 Å². The minimum Gasteiger partial charge on any atom is -0.487 e. The molecular formula is C13H14F2O2. The van der Waals surface area contributed by atoms with Crippen molar-refractivity contribution >= 4 is 6.08 Å². The highest BCUT2D eigenvalue weighted by Gasteiger charge is 2.21. The minimum atomic E-state index is -2.84. The molecule has 1 aliphatic carbocycles. The van der Waals surface area contributed by atoms with Gasteiger partial charge in [-0.3, -0.25) is 0 Å². The van der Waals surface area contributed by atoms with Crippen LogP contribution < -0.4 is 9.47 Å². The van der Waals surface area contributed by atoms with E-state index in [4.69, 9.17) is 4.74 Å². The molecule has 4 heteroatoms. The van der Waals surface area contributed by atoms with E-state index >= 15 is 0 Å². The van der Waals surface area contributed by atoms with E-state index < -0.39 is 6.61 Å². The van der Waals surface area contributed by atoms with Gasteiger partial charge in [-0.15, -0.1) is 0 Å². The molecule has 0 spiro atoms. The predicted molar refractivity (Wildman–Crippen MR) is 61.4 cm³/mol. The van der Waals surface area contributed by atoms with Gasteiger partial charge in [0.15, 0.2) is 11.5 Å². The molecule has 0 aliphatic heterocycles. The lowest BCUT2D eigenvalue weighted by molar-refractivity contribution is -0.0526. The van der Waals surface area contributed by atoms with E-state index in [1.807, 2.05) is 0 Å². The van der Waals surface area contributed by atoms with Crippen molar-refractivity contribution in [3.05, 3.63) is 30.3 Å². The maximum Gasteiger partial charge on any atom is 0.387 e. The quantitative estimate of drug-likeness (QED) is 0.778. The van der Waals surface area contributed by atoms with Gasteiger partial charge in [-0.1, -0.05) is 18.7 Å². The molecule has 0 atom stereocenters. The van der Waals surface area contributed by atoms with E-state index in [1.165, 1.54) is 6.07 Å². The molecule has 2 nitrogen and oxygen atoms in total. The molecule has 92 valence electrons. The van der Waals surface area contributed by atoms with E-state index in [9.17, 15) is 8.78 Å². The Hall–Kier alpha value is -1.58. The third kappa shape index (κ3) is 2.96. The molecule has 0 radical (unpaired) electrons. The fourth-order valence-electron chi connectivity index (χ4n) is 1.61. The highest BCUT2D eigenvalue weighted by Crippen LogP contribution is 2.34. The molecule has 1 fully saturated rings. The molecule has 0 heterocycles. The summed E-state index contributed by atoms with van der Waals surface area (Å²) >= 11 is 0. The van der Waals surface area contributed by atoms with E-state index in [1.54, 1.807) is 18.2 Å². The van der Waals surface area contributed by atoms with Crippen LogP contribution in [0, 0.1) is 0 Å². The summed E-state index contributed by atoms with van der Waals surface area (Å²) in [5.41, 5.74) is 0.820. The smallest absolute Gasteiger partial charge is 0.387 e. The normalized spacial score (nSPS) is 15.5. The summed E-state index contributed by atoms with van der Waals surface area (Å²) < 4.78 is 34.5. The van der Waals surface area contributed by atoms with Gasteiger partial charge < -0.3 is 9.47 Å². The molecule has 1 saturated carbocycles. The Morgan fingerprint density at radius 1 is 1.29 bits per heavy atom. The largest absolute Gasteiger partial charge is 0.487 e. The minimum absolute atomic E-state index is 0.0810. The number of rotatable bonds is 5. The first-order valence-corrected chi connectivity index (χ1v) is 5.57. The van der Waals surface area contributed by atoms with Crippen LogP contribution in [0.4, 0.5) is 8.78 Å². The second-order valence-electron chi connectivity index (χ2n) is 3.96. The van der Waals surface area contributed by atoms with Gasteiger partial charge in [0.05, 0.1) is 6.10 Å². The number of ether oxygens (including phenoxy) is 2. The third-order valence-electron chi connectivity index (χ3n) is 2.77. The molecule has 1 aliphatic rings. The SMILES string of the molecule is C=Cc1ccc(OC(F)F)c(OC2CCC2)c1. The fraction of sp³-hybridized carbons (Fsp3) is 0.385. The van der Waals surface area contributed by atoms with E-state index in [2.05, 4.69) is 11.3 Å². The van der Waals surface area contributed by atoms with Crippen LogP contribution in [0.1, 0.15) is 24.8 Å². The van der Waals surface area contributed by atoms with Crippen LogP contribution in [0.15, 0.2) is 24.8 Å². The van der Waals surface area contributed by atoms with Crippen LogP contribution in [0.3, 0.4) is 0 Å². The molecule has 0 unspecified atom stereocenters. The topological polar surface area (TPSA) is 18.5 Å². The molecule has 0 amide bonds. The van der Waals surface area contributed by atoms with Gasteiger partial charge in [-0.25, -0.2) is 0 Å². The van der Waals surface area contributed by atoms with Gasteiger partial charge in [0, 0.05) is 0 Å². The Morgan fingerprint density at radius 2 is 2.06 bits per heavy atom. The van der Waals surface area contributed by atoms with E-state index in [-0.39, 0.29) is 11.9 Å². The van der Waals surface area contributed by atoms with Crippen molar-refractivity contribution in [3.8, 4) is 11.5 Å². The number of benzene rings is 1. The number of alkyl halides is 2. The van der Waals surface area contributed by atoms with Crippen LogP contribution in [0.25, 0.3) is 6.08 Å². The number of halogens is 2. The van der Waals surface area contributed by atoms with Crippen LogP contribution >= 0.6 is 0 Å². The molecule has 0 saturated heterocycles. The molecule has 17 heavy (non-hydrogen) atoms. The van der Waals surface area contributed by atoms with E-state index in [0.717, 1.165) is 24.8 Å². The van der Waals surface area contributed by atoms with Crippen LogP contribution in [-0.4, -0.2) is 12.7 Å². The van der Waals surface area contributed by atoms with Gasteiger partial charge in [-0.05, 0) is 37.0 Å². The summed E-state index contributed by atoms with van der Waals surface area (Å²) in [7, 11) is 0. The van der Waals surface area contributed by atoms with Gasteiger partial charge in [-0.2, -0.15) is 8.78 Å². The Bertz CT molecular complexity index is 400. The Kier molecular flexibility index (Phi) is 3.61.